The SMILES string of the molecule is CC(C)(c1cc(Cl)cc([N+](=O)[O-])c1O)c1cc(Cl)cc([N+](=O)[O-])c1O. The number of rotatable bonds is 4. The number of halogens is 2. The summed E-state index contributed by atoms with van der Waals surface area (Å²) in [5.74, 6) is -1.30. The van der Waals surface area contributed by atoms with Gasteiger partial charge in [0.15, 0.2) is 11.5 Å². The maximum Gasteiger partial charge on any atom is 0.312 e. The first kappa shape index (κ1) is 18.8. The molecule has 0 atom stereocenters. The van der Waals surface area contributed by atoms with Crippen molar-refractivity contribution in [2.24, 2.45) is 0 Å². The Labute approximate surface area is 151 Å². The number of nitro benzene ring substituents is 2. The van der Waals surface area contributed by atoms with Gasteiger partial charge in [0.05, 0.1) is 9.85 Å². The van der Waals surface area contributed by atoms with Gasteiger partial charge in [-0.3, -0.25) is 20.2 Å². The third-order valence-electron chi connectivity index (χ3n) is 3.85. The fourth-order valence-corrected chi connectivity index (χ4v) is 2.97. The first-order valence-electron chi connectivity index (χ1n) is 6.81. The van der Waals surface area contributed by atoms with E-state index in [1.54, 1.807) is 0 Å². The molecule has 0 aliphatic rings. The fraction of sp³-hybridized carbons (Fsp3) is 0.200. The summed E-state index contributed by atoms with van der Waals surface area (Å²) < 4.78 is 0. The van der Waals surface area contributed by atoms with Gasteiger partial charge in [-0.25, -0.2) is 0 Å². The second-order valence-corrected chi connectivity index (χ2v) is 6.65. The number of aromatic hydroxyl groups is 2. The van der Waals surface area contributed by atoms with E-state index in [9.17, 15) is 30.4 Å². The van der Waals surface area contributed by atoms with E-state index in [-0.39, 0.29) is 21.2 Å². The molecule has 2 rings (SSSR count). The van der Waals surface area contributed by atoms with Gasteiger partial charge in [-0.2, -0.15) is 0 Å². The quantitative estimate of drug-likeness (QED) is 0.585. The summed E-state index contributed by atoms with van der Waals surface area (Å²) in [6.45, 7) is 3.02. The number of benzene rings is 2. The van der Waals surface area contributed by atoms with Crippen molar-refractivity contribution in [3.8, 4) is 11.5 Å². The van der Waals surface area contributed by atoms with Crippen LogP contribution in [0.5, 0.6) is 11.5 Å². The molecule has 0 aromatic heterocycles. The van der Waals surface area contributed by atoms with Gasteiger partial charge >= 0.3 is 11.4 Å². The van der Waals surface area contributed by atoms with Crippen LogP contribution in [-0.2, 0) is 5.41 Å². The predicted molar refractivity (Wildman–Crippen MR) is 91.7 cm³/mol. The molecule has 132 valence electrons. The molecule has 0 heterocycles. The predicted octanol–water partition coefficient (Wildman–Crippen LogP) is 4.55. The Morgan fingerprint density at radius 1 is 0.840 bits per heavy atom. The Morgan fingerprint density at radius 2 is 1.16 bits per heavy atom. The smallest absolute Gasteiger partial charge is 0.312 e. The summed E-state index contributed by atoms with van der Waals surface area (Å²) in [7, 11) is 0. The highest BCUT2D eigenvalue weighted by Crippen LogP contribution is 2.48. The van der Waals surface area contributed by atoms with Gasteiger partial charge in [-0.05, 0) is 12.1 Å². The fourth-order valence-electron chi connectivity index (χ4n) is 2.55. The molecule has 0 aliphatic heterocycles. The molecule has 0 unspecified atom stereocenters. The molecule has 0 aliphatic carbocycles. The van der Waals surface area contributed by atoms with Crippen molar-refractivity contribution in [2.45, 2.75) is 19.3 Å². The molecule has 25 heavy (non-hydrogen) atoms. The summed E-state index contributed by atoms with van der Waals surface area (Å²) in [6.07, 6.45) is 0. The molecule has 0 amide bonds. The van der Waals surface area contributed by atoms with Gasteiger partial charge in [-0.1, -0.05) is 37.0 Å². The first-order chi connectivity index (χ1) is 11.5. The van der Waals surface area contributed by atoms with Crippen LogP contribution in [0.25, 0.3) is 0 Å². The molecule has 10 heteroatoms. The Kier molecular flexibility index (Phi) is 4.79. The molecule has 2 aromatic rings. The molecule has 0 radical (unpaired) electrons. The van der Waals surface area contributed by atoms with Gasteiger partial charge in [-0.15, -0.1) is 0 Å². The molecule has 0 bridgehead atoms. The number of hydrogen-bond donors (Lipinski definition) is 2. The zero-order valence-electron chi connectivity index (χ0n) is 13.0. The number of nitrogens with zero attached hydrogens (tertiary/aromatic N) is 2. The minimum Gasteiger partial charge on any atom is -0.502 e. The van der Waals surface area contributed by atoms with Crippen LogP contribution in [0.1, 0.15) is 25.0 Å². The van der Waals surface area contributed by atoms with E-state index in [2.05, 4.69) is 0 Å². The van der Waals surface area contributed by atoms with Crippen LogP contribution in [0.2, 0.25) is 10.0 Å². The normalized spacial score (nSPS) is 11.4. The van der Waals surface area contributed by atoms with Crippen molar-refractivity contribution in [1.82, 2.24) is 0 Å². The molecule has 0 fully saturated rings. The molecule has 0 saturated heterocycles. The zero-order valence-corrected chi connectivity index (χ0v) is 14.5. The van der Waals surface area contributed by atoms with E-state index >= 15 is 0 Å². The molecular weight excluding hydrogens is 375 g/mol. The molecule has 2 N–H and O–H groups in total. The minimum atomic E-state index is -1.28. The van der Waals surface area contributed by atoms with Crippen molar-refractivity contribution in [2.75, 3.05) is 0 Å². The Balaban J connectivity index is 2.81. The summed E-state index contributed by atoms with van der Waals surface area (Å²) in [4.78, 5) is 20.6. The van der Waals surface area contributed by atoms with Crippen LogP contribution in [0, 0.1) is 20.2 Å². The lowest BCUT2D eigenvalue weighted by atomic mass is 9.76. The highest BCUT2D eigenvalue weighted by molar-refractivity contribution is 6.31. The van der Waals surface area contributed by atoms with E-state index < -0.39 is 38.1 Å². The largest absolute Gasteiger partial charge is 0.502 e. The molecule has 8 nitrogen and oxygen atoms in total. The van der Waals surface area contributed by atoms with E-state index in [4.69, 9.17) is 23.2 Å². The summed E-state index contributed by atoms with van der Waals surface area (Å²) in [6, 6.07) is 4.54. The van der Waals surface area contributed by atoms with Crippen molar-refractivity contribution < 1.29 is 20.1 Å². The highest BCUT2D eigenvalue weighted by Gasteiger charge is 2.35. The van der Waals surface area contributed by atoms with Crippen LogP contribution >= 0.6 is 23.2 Å². The number of hydrogen-bond acceptors (Lipinski definition) is 6. The summed E-state index contributed by atoms with van der Waals surface area (Å²) >= 11 is 11.8. The van der Waals surface area contributed by atoms with E-state index in [0.29, 0.717) is 0 Å². The lowest BCUT2D eigenvalue weighted by Gasteiger charge is -2.27. The van der Waals surface area contributed by atoms with Gasteiger partial charge in [0.2, 0.25) is 0 Å². The lowest BCUT2D eigenvalue weighted by Crippen LogP contribution is -2.20. The Bertz CT molecular complexity index is 827. The van der Waals surface area contributed by atoms with Crippen LogP contribution in [0.15, 0.2) is 24.3 Å². The van der Waals surface area contributed by atoms with Gasteiger partial charge in [0.1, 0.15) is 0 Å². The topological polar surface area (TPSA) is 127 Å². The van der Waals surface area contributed by atoms with Gasteiger partial charge < -0.3 is 10.2 Å². The Morgan fingerprint density at radius 3 is 1.44 bits per heavy atom. The van der Waals surface area contributed by atoms with Crippen molar-refractivity contribution in [3.63, 3.8) is 0 Å². The molecule has 2 aromatic carbocycles. The van der Waals surface area contributed by atoms with E-state index in [0.717, 1.165) is 12.1 Å². The number of phenols is 2. The number of phenolic OH excluding ortho intramolecular Hbond substituents is 2. The monoisotopic (exact) mass is 386 g/mol. The van der Waals surface area contributed by atoms with E-state index in [1.165, 1.54) is 26.0 Å². The molecular formula is C15H12Cl2N2O6. The maximum absolute atomic E-state index is 11.1. The zero-order chi connectivity index (χ0) is 19.1. The molecule has 0 spiro atoms. The van der Waals surface area contributed by atoms with Gasteiger partial charge in [0, 0.05) is 38.7 Å². The highest BCUT2D eigenvalue weighted by atomic mass is 35.5. The summed E-state index contributed by atoms with van der Waals surface area (Å²) in [5.41, 5.74) is -2.49. The Hall–Kier alpha value is -2.58. The average molecular weight is 387 g/mol. The van der Waals surface area contributed by atoms with Crippen molar-refractivity contribution >= 4 is 34.6 Å². The van der Waals surface area contributed by atoms with Crippen molar-refractivity contribution in [1.29, 1.82) is 0 Å². The van der Waals surface area contributed by atoms with Crippen LogP contribution in [0.3, 0.4) is 0 Å². The second kappa shape index (κ2) is 6.38. The van der Waals surface area contributed by atoms with Crippen LogP contribution in [-0.4, -0.2) is 20.1 Å². The lowest BCUT2D eigenvalue weighted by molar-refractivity contribution is -0.386. The molecule has 0 saturated carbocycles. The third-order valence-corrected chi connectivity index (χ3v) is 4.29. The standard InChI is InChI=1S/C15H12Cl2N2O6/c1-15(2,9-3-7(16)5-11(13(9)20)18(22)23)10-4-8(17)6-12(14(10)21)19(24)25/h3-6,20-21H,1-2H3. The van der Waals surface area contributed by atoms with Crippen molar-refractivity contribution in [3.05, 3.63) is 65.7 Å². The van der Waals surface area contributed by atoms with E-state index in [1.807, 2.05) is 0 Å². The number of nitro groups is 2. The van der Waals surface area contributed by atoms with Gasteiger partial charge in [0.25, 0.3) is 0 Å². The second-order valence-electron chi connectivity index (χ2n) is 5.78. The summed E-state index contributed by atoms with van der Waals surface area (Å²) in [5, 5.41) is 42.7. The average Bonchev–Trinajstić information content (AvgIpc) is 2.50. The van der Waals surface area contributed by atoms with Crippen LogP contribution < -0.4 is 0 Å². The maximum atomic E-state index is 11.1. The van der Waals surface area contributed by atoms with Crippen LogP contribution in [0.4, 0.5) is 11.4 Å². The third kappa shape index (κ3) is 3.31. The minimum absolute atomic E-state index is 0.0106. The first-order valence-corrected chi connectivity index (χ1v) is 7.57.